The summed E-state index contributed by atoms with van der Waals surface area (Å²) in [7, 11) is 0. The molecule has 30 heavy (non-hydrogen) atoms. The number of hydrogen-bond donors (Lipinski definition) is 0. The molecule has 1 saturated heterocycles. The molecular weight excluding hydrogens is 376 g/mol. The number of likely N-dealkylation sites (tertiary alicyclic amines) is 1. The molecule has 1 fully saturated rings. The number of benzene rings is 2. The molecule has 3 aliphatic heterocycles. The second kappa shape index (κ2) is 6.79. The summed E-state index contributed by atoms with van der Waals surface area (Å²) in [6.45, 7) is 7.98. The zero-order valence-corrected chi connectivity index (χ0v) is 17.7. The molecule has 5 heteroatoms. The molecule has 154 valence electrons. The van der Waals surface area contributed by atoms with Crippen LogP contribution in [0.2, 0.25) is 0 Å². The Labute approximate surface area is 176 Å². The van der Waals surface area contributed by atoms with E-state index in [2.05, 4.69) is 4.99 Å². The normalized spacial score (nSPS) is 18.9. The number of carbonyl (C=O) groups is 2. The van der Waals surface area contributed by atoms with Crippen molar-refractivity contribution in [2.24, 2.45) is 4.99 Å². The Bertz CT molecular complexity index is 1110. The van der Waals surface area contributed by atoms with E-state index in [1.807, 2.05) is 56.2 Å². The molecular formula is C25H26N2O3. The summed E-state index contributed by atoms with van der Waals surface area (Å²) in [6.07, 6.45) is 3.58. The predicted octanol–water partition coefficient (Wildman–Crippen LogP) is 4.18. The Kier molecular flexibility index (Phi) is 4.31. The first-order chi connectivity index (χ1) is 14.3. The number of amides is 1. The van der Waals surface area contributed by atoms with E-state index in [1.165, 1.54) is 5.56 Å². The van der Waals surface area contributed by atoms with Gasteiger partial charge in [0, 0.05) is 37.7 Å². The average Bonchev–Trinajstić information content (AvgIpc) is 3.19. The van der Waals surface area contributed by atoms with Crippen molar-refractivity contribution in [3.8, 4) is 5.75 Å². The molecule has 0 bridgehead atoms. The Balaban J connectivity index is 1.33. The van der Waals surface area contributed by atoms with Gasteiger partial charge in [0.2, 0.25) is 0 Å². The molecule has 1 spiro atoms. The van der Waals surface area contributed by atoms with Gasteiger partial charge in [0.05, 0.1) is 18.5 Å². The second-order valence-corrected chi connectivity index (χ2v) is 8.94. The number of Topliss-reactive ketones (excluding diaryl/α,β-unsaturated/α-hetero) is 1. The van der Waals surface area contributed by atoms with Crippen LogP contribution in [0.4, 0.5) is 0 Å². The average molecular weight is 402 g/mol. The monoisotopic (exact) mass is 402 g/mol. The van der Waals surface area contributed by atoms with Crippen LogP contribution in [0, 0.1) is 20.8 Å². The second-order valence-electron chi connectivity index (χ2n) is 8.94. The molecule has 5 rings (SSSR count). The molecule has 0 saturated carbocycles. The maximum Gasteiger partial charge on any atom is 0.253 e. The first kappa shape index (κ1) is 19.0. The van der Waals surface area contributed by atoms with Crippen LogP contribution >= 0.6 is 0 Å². The number of hydrogen-bond acceptors (Lipinski definition) is 4. The van der Waals surface area contributed by atoms with E-state index in [1.54, 1.807) is 0 Å². The summed E-state index contributed by atoms with van der Waals surface area (Å²) in [4.78, 5) is 32.2. The minimum absolute atomic E-state index is 0.0463. The number of piperidine rings is 1. The summed E-state index contributed by atoms with van der Waals surface area (Å²) in [5.41, 5.74) is 6.52. The first-order valence-corrected chi connectivity index (χ1v) is 10.6. The largest absolute Gasteiger partial charge is 0.486 e. The number of aryl methyl sites for hydroxylation is 3. The lowest BCUT2D eigenvalue weighted by molar-refractivity contribution is -0.00575. The van der Waals surface area contributed by atoms with Crippen molar-refractivity contribution in [2.45, 2.75) is 52.2 Å². The minimum atomic E-state index is -0.497. The molecule has 0 aliphatic carbocycles. The fourth-order valence-electron chi connectivity index (χ4n) is 4.86. The molecule has 3 heterocycles. The fraction of sp³-hybridized carbons (Fsp3) is 0.400. The van der Waals surface area contributed by atoms with Gasteiger partial charge in [0.1, 0.15) is 11.4 Å². The van der Waals surface area contributed by atoms with Gasteiger partial charge in [-0.1, -0.05) is 0 Å². The summed E-state index contributed by atoms with van der Waals surface area (Å²) in [6, 6.07) is 7.85. The van der Waals surface area contributed by atoms with Gasteiger partial charge < -0.3 is 9.64 Å². The van der Waals surface area contributed by atoms with Gasteiger partial charge in [-0.3, -0.25) is 14.6 Å². The van der Waals surface area contributed by atoms with Crippen molar-refractivity contribution in [2.75, 3.05) is 13.1 Å². The third-order valence-electron chi connectivity index (χ3n) is 6.90. The number of fused-ring (bicyclic) bond motifs is 2. The topological polar surface area (TPSA) is 59.0 Å². The number of carbonyl (C=O) groups excluding carboxylic acids is 2. The van der Waals surface area contributed by atoms with Crippen LogP contribution in [0.3, 0.4) is 0 Å². The Morgan fingerprint density at radius 2 is 1.77 bits per heavy atom. The lowest BCUT2D eigenvalue weighted by atomic mass is 9.81. The lowest BCUT2D eigenvalue weighted by Gasteiger charge is -2.44. The molecule has 0 aromatic heterocycles. The van der Waals surface area contributed by atoms with Crippen LogP contribution in [0.25, 0.3) is 0 Å². The summed E-state index contributed by atoms with van der Waals surface area (Å²) < 4.78 is 6.40. The third kappa shape index (κ3) is 3.04. The van der Waals surface area contributed by atoms with Gasteiger partial charge in [-0.25, -0.2) is 0 Å². The van der Waals surface area contributed by atoms with E-state index in [-0.39, 0.29) is 11.7 Å². The molecule has 3 aliphatic rings. The summed E-state index contributed by atoms with van der Waals surface area (Å²) in [5.74, 6) is 0.889. The molecule has 0 atom stereocenters. The van der Waals surface area contributed by atoms with Crippen LogP contribution in [0.15, 0.2) is 29.3 Å². The molecule has 0 unspecified atom stereocenters. The van der Waals surface area contributed by atoms with E-state index in [0.29, 0.717) is 55.8 Å². The van der Waals surface area contributed by atoms with Gasteiger partial charge in [-0.15, -0.1) is 0 Å². The van der Waals surface area contributed by atoms with Gasteiger partial charge in [-0.05, 0) is 72.9 Å². The van der Waals surface area contributed by atoms with Crippen LogP contribution in [-0.4, -0.2) is 41.5 Å². The van der Waals surface area contributed by atoms with Crippen molar-refractivity contribution in [3.05, 3.63) is 63.2 Å². The highest BCUT2D eigenvalue weighted by atomic mass is 16.5. The van der Waals surface area contributed by atoms with Crippen LogP contribution in [-0.2, 0) is 6.54 Å². The summed E-state index contributed by atoms with van der Waals surface area (Å²) in [5, 5.41) is 0. The molecule has 0 radical (unpaired) electrons. The van der Waals surface area contributed by atoms with E-state index in [9.17, 15) is 9.59 Å². The Morgan fingerprint density at radius 1 is 1.03 bits per heavy atom. The van der Waals surface area contributed by atoms with Crippen molar-refractivity contribution >= 4 is 17.9 Å². The van der Waals surface area contributed by atoms with Gasteiger partial charge in [-0.2, -0.15) is 0 Å². The minimum Gasteiger partial charge on any atom is -0.486 e. The van der Waals surface area contributed by atoms with E-state index >= 15 is 0 Å². The molecule has 0 N–H and O–H groups in total. The zero-order valence-electron chi connectivity index (χ0n) is 17.7. The third-order valence-corrected chi connectivity index (χ3v) is 6.90. The fourth-order valence-corrected chi connectivity index (χ4v) is 4.86. The molecule has 5 nitrogen and oxygen atoms in total. The highest BCUT2D eigenvalue weighted by Crippen LogP contribution is 2.40. The van der Waals surface area contributed by atoms with Crippen LogP contribution < -0.4 is 4.74 Å². The maximum absolute atomic E-state index is 13.1. The number of aliphatic imine (C=N–C) groups is 1. The highest BCUT2D eigenvalue weighted by molar-refractivity contribution is 6.01. The van der Waals surface area contributed by atoms with Crippen LogP contribution in [0.5, 0.6) is 5.75 Å². The first-order valence-electron chi connectivity index (χ1n) is 10.6. The zero-order chi connectivity index (χ0) is 21.0. The van der Waals surface area contributed by atoms with Crippen molar-refractivity contribution in [1.29, 1.82) is 0 Å². The number of nitrogens with zero attached hydrogens (tertiary/aromatic N) is 2. The number of ether oxygens (including phenoxy) is 1. The van der Waals surface area contributed by atoms with E-state index in [0.717, 1.165) is 22.3 Å². The van der Waals surface area contributed by atoms with Crippen molar-refractivity contribution < 1.29 is 14.3 Å². The van der Waals surface area contributed by atoms with Crippen molar-refractivity contribution in [1.82, 2.24) is 4.90 Å². The lowest BCUT2D eigenvalue weighted by Crippen LogP contribution is -2.52. The van der Waals surface area contributed by atoms with Crippen LogP contribution in [0.1, 0.15) is 67.8 Å². The standard InChI is InChI=1S/C25H26N2O3/c1-15-9-20-22(28)12-25(30-23(20)10-16(15)2)4-6-27(7-5-25)24(29)18-8-17(3)21-14-26-13-19(21)11-18/h8-11,13H,4-7,12,14H2,1-3H3. The highest BCUT2D eigenvalue weighted by Gasteiger charge is 2.44. The number of rotatable bonds is 1. The smallest absolute Gasteiger partial charge is 0.253 e. The van der Waals surface area contributed by atoms with Crippen molar-refractivity contribution in [3.63, 3.8) is 0 Å². The quantitative estimate of drug-likeness (QED) is 0.719. The number of ketones is 1. The van der Waals surface area contributed by atoms with Gasteiger partial charge in [0.25, 0.3) is 5.91 Å². The van der Waals surface area contributed by atoms with E-state index < -0.39 is 5.60 Å². The maximum atomic E-state index is 13.1. The predicted molar refractivity (Wildman–Crippen MR) is 116 cm³/mol. The molecule has 2 aromatic carbocycles. The van der Waals surface area contributed by atoms with Gasteiger partial charge >= 0.3 is 0 Å². The van der Waals surface area contributed by atoms with Gasteiger partial charge in [0.15, 0.2) is 5.78 Å². The molecule has 2 aromatic rings. The SMILES string of the molecule is Cc1cc2c(cc1C)C(=O)CC1(CCN(C(=O)c3cc(C)c4c(c3)C=NC4)CC1)O2. The Hall–Kier alpha value is -2.95. The summed E-state index contributed by atoms with van der Waals surface area (Å²) >= 11 is 0. The molecule has 1 amide bonds. The van der Waals surface area contributed by atoms with E-state index in [4.69, 9.17) is 4.74 Å². The Morgan fingerprint density at radius 3 is 2.53 bits per heavy atom.